The first-order valence-electron chi connectivity index (χ1n) is 6.31. The van der Waals surface area contributed by atoms with Crippen molar-refractivity contribution in [3.8, 4) is 0 Å². The van der Waals surface area contributed by atoms with Gasteiger partial charge in [0.2, 0.25) is 0 Å². The van der Waals surface area contributed by atoms with Crippen LogP contribution in [-0.2, 0) is 19.5 Å². The zero-order valence-corrected chi connectivity index (χ0v) is 13.5. The molecular formula is C14H15BrN2O2S. The summed E-state index contributed by atoms with van der Waals surface area (Å²) in [5.74, 6) is 0. The molecule has 4 nitrogen and oxygen atoms in total. The van der Waals surface area contributed by atoms with Crippen molar-refractivity contribution >= 4 is 33.0 Å². The lowest BCUT2D eigenvalue weighted by Gasteiger charge is -2.06. The van der Waals surface area contributed by atoms with Gasteiger partial charge in [-0.15, -0.1) is 11.3 Å². The van der Waals surface area contributed by atoms with E-state index in [2.05, 4.69) is 40.3 Å². The molecule has 2 aromatic rings. The van der Waals surface area contributed by atoms with Crippen molar-refractivity contribution in [3.63, 3.8) is 0 Å². The van der Waals surface area contributed by atoms with Crippen LogP contribution in [0.3, 0.4) is 0 Å². The normalized spacial score (nSPS) is 10.7. The number of nitrogens with zero attached hydrogens (tertiary/aromatic N) is 1. The second kappa shape index (κ2) is 6.97. The number of rotatable bonds is 6. The Kier molecular flexibility index (Phi) is 5.28. The number of halogens is 1. The van der Waals surface area contributed by atoms with Gasteiger partial charge in [0.25, 0.3) is 5.69 Å². The van der Waals surface area contributed by atoms with E-state index < -0.39 is 0 Å². The lowest BCUT2D eigenvalue weighted by atomic mass is 10.2. The Hall–Kier alpha value is -1.24. The summed E-state index contributed by atoms with van der Waals surface area (Å²) in [5.41, 5.74) is 1.12. The number of hydrogen-bond donors (Lipinski definition) is 1. The molecule has 0 aliphatic rings. The number of nitro benzene ring substituents is 1. The maximum absolute atomic E-state index is 10.7. The third-order valence-electron chi connectivity index (χ3n) is 2.93. The minimum atomic E-state index is -0.389. The first-order chi connectivity index (χ1) is 9.60. The Morgan fingerprint density at radius 2 is 2.00 bits per heavy atom. The van der Waals surface area contributed by atoms with Crippen LogP contribution < -0.4 is 5.32 Å². The number of aryl methyl sites for hydroxylation is 1. The molecule has 1 N–H and O–H groups in total. The van der Waals surface area contributed by atoms with Crippen molar-refractivity contribution in [2.24, 2.45) is 0 Å². The molecule has 0 amide bonds. The smallest absolute Gasteiger partial charge is 0.270 e. The van der Waals surface area contributed by atoms with Gasteiger partial charge < -0.3 is 5.32 Å². The van der Waals surface area contributed by atoms with E-state index in [9.17, 15) is 10.1 Å². The van der Waals surface area contributed by atoms with Crippen molar-refractivity contribution in [2.45, 2.75) is 26.4 Å². The second-order valence-electron chi connectivity index (χ2n) is 4.36. The van der Waals surface area contributed by atoms with Crippen LogP contribution in [0.2, 0.25) is 0 Å². The van der Waals surface area contributed by atoms with Gasteiger partial charge in [-0.3, -0.25) is 10.1 Å². The summed E-state index contributed by atoms with van der Waals surface area (Å²) < 4.78 is 0.764. The molecule has 1 aromatic carbocycles. The van der Waals surface area contributed by atoms with E-state index >= 15 is 0 Å². The van der Waals surface area contributed by atoms with Gasteiger partial charge >= 0.3 is 0 Å². The van der Waals surface area contributed by atoms with E-state index in [1.54, 1.807) is 6.07 Å². The third kappa shape index (κ3) is 3.88. The molecule has 0 saturated heterocycles. The molecule has 0 saturated carbocycles. The first-order valence-corrected chi connectivity index (χ1v) is 7.92. The summed E-state index contributed by atoms with van der Waals surface area (Å²) in [6.45, 7) is 3.64. The molecular weight excluding hydrogens is 340 g/mol. The predicted octanol–water partition coefficient (Wildman–Crippen LogP) is 4.27. The molecule has 0 spiro atoms. The molecule has 2 rings (SSSR count). The number of hydrogen-bond acceptors (Lipinski definition) is 4. The molecule has 0 bridgehead atoms. The van der Waals surface area contributed by atoms with Gasteiger partial charge in [0.15, 0.2) is 0 Å². The van der Waals surface area contributed by atoms with Gasteiger partial charge in [-0.25, -0.2) is 0 Å². The number of non-ortho nitro benzene ring substituents is 1. The van der Waals surface area contributed by atoms with E-state index in [0.29, 0.717) is 6.54 Å². The van der Waals surface area contributed by atoms with Crippen LogP contribution in [0.15, 0.2) is 34.8 Å². The Balaban J connectivity index is 1.92. The van der Waals surface area contributed by atoms with Crippen LogP contribution in [0.1, 0.15) is 22.2 Å². The molecule has 0 unspecified atom stereocenters. The topological polar surface area (TPSA) is 55.2 Å². The maximum atomic E-state index is 10.7. The Morgan fingerprint density at radius 3 is 2.60 bits per heavy atom. The Labute approximate surface area is 130 Å². The van der Waals surface area contributed by atoms with Crippen molar-refractivity contribution < 1.29 is 4.92 Å². The minimum absolute atomic E-state index is 0.103. The zero-order chi connectivity index (χ0) is 14.5. The van der Waals surface area contributed by atoms with Crippen LogP contribution in [0.5, 0.6) is 0 Å². The van der Waals surface area contributed by atoms with Crippen LogP contribution >= 0.6 is 27.3 Å². The van der Waals surface area contributed by atoms with E-state index in [1.165, 1.54) is 21.9 Å². The molecule has 1 heterocycles. The predicted molar refractivity (Wildman–Crippen MR) is 85.0 cm³/mol. The summed E-state index contributed by atoms with van der Waals surface area (Å²) in [5, 5.41) is 14.0. The highest BCUT2D eigenvalue weighted by Gasteiger charge is 2.08. The quantitative estimate of drug-likeness (QED) is 0.622. The highest BCUT2D eigenvalue weighted by molar-refractivity contribution is 9.10. The molecule has 0 aliphatic heterocycles. The lowest BCUT2D eigenvalue weighted by Crippen LogP contribution is -2.12. The number of nitro groups is 1. The fourth-order valence-electron chi connectivity index (χ4n) is 1.82. The van der Waals surface area contributed by atoms with Crippen molar-refractivity contribution in [1.82, 2.24) is 5.32 Å². The molecule has 0 atom stereocenters. The Morgan fingerprint density at radius 1 is 1.25 bits per heavy atom. The van der Waals surface area contributed by atoms with Crippen molar-refractivity contribution in [3.05, 3.63) is 60.2 Å². The standard InChI is InChI=1S/C14H15BrN2O2S/c1-2-12-5-6-13(20-12)9-16-8-10-3-4-11(17(18)19)7-14(10)15/h3-7,16H,2,8-9H2,1H3. The van der Waals surface area contributed by atoms with Gasteiger partial charge in [-0.05, 0) is 30.2 Å². The van der Waals surface area contributed by atoms with Crippen molar-refractivity contribution in [1.29, 1.82) is 0 Å². The van der Waals surface area contributed by atoms with Gasteiger partial charge in [-0.2, -0.15) is 0 Å². The minimum Gasteiger partial charge on any atom is -0.308 e. The maximum Gasteiger partial charge on any atom is 0.270 e. The fourth-order valence-corrected chi connectivity index (χ4v) is 3.26. The first kappa shape index (κ1) is 15.2. The summed E-state index contributed by atoms with van der Waals surface area (Å²) >= 11 is 5.19. The lowest BCUT2D eigenvalue weighted by molar-refractivity contribution is -0.384. The molecule has 1 aromatic heterocycles. The zero-order valence-electron chi connectivity index (χ0n) is 11.1. The molecule has 0 fully saturated rings. The van der Waals surface area contributed by atoms with E-state index in [0.717, 1.165) is 23.0 Å². The van der Waals surface area contributed by atoms with E-state index in [4.69, 9.17) is 0 Å². The highest BCUT2D eigenvalue weighted by Crippen LogP contribution is 2.23. The molecule has 20 heavy (non-hydrogen) atoms. The summed E-state index contributed by atoms with van der Waals surface area (Å²) in [7, 11) is 0. The molecule has 106 valence electrons. The average molecular weight is 355 g/mol. The Bertz CT molecular complexity index is 613. The second-order valence-corrected chi connectivity index (χ2v) is 6.47. The van der Waals surface area contributed by atoms with Crippen LogP contribution in [-0.4, -0.2) is 4.92 Å². The number of thiophene rings is 1. The third-order valence-corrected chi connectivity index (χ3v) is 4.90. The van der Waals surface area contributed by atoms with Gasteiger partial charge in [0.05, 0.1) is 4.92 Å². The fraction of sp³-hybridized carbons (Fsp3) is 0.286. The molecule has 0 aliphatic carbocycles. The van der Waals surface area contributed by atoms with Gasteiger partial charge in [0, 0.05) is 39.4 Å². The highest BCUT2D eigenvalue weighted by atomic mass is 79.9. The summed E-state index contributed by atoms with van der Waals surface area (Å²) in [4.78, 5) is 13.0. The van der Waals surface area contributed by atoms with Gasteiger partial charge in [-0.1, -0.05) is 22.9 Å². The summed E-state index contributed by atoms with van der Waals surface area (Å²) in [6.07, 6.45) is 1.07. The van der Waals surface area contributed by atoms with E-state index in [-0.39, 0.29) is 10.6 Å². The number of nitrogens with one attached hydrogen (secondary N) is 1. The largest absolute Gasteiger partial charge is 0.308 e. The number of benzene rings is 1. The van der Waals surface area contributed by atoms with Crippen molar-refractivity contribution in [2.75, 3.05) is 0 Å². The SMILES string of the molecule is CCc1ccc(CNCc2ccc([N+](=O)[O-])cc2Br)s1. The van der Waals surface area contributed by atoms with Crippen LogP contribution in [0.25, 0.3) is 0 Å². The van der Waals surface area contributed by atoms with E-state index in [1.807, 2.05) is 11.3 Å². The molecule has 0 radical (unpaired) electrons. The average Bonchev–Trinajstić information content (AvgIpc) is 2.88. The monoisotopic (exact) mass is 354 g/mol. The van der Waals surface area contributed by atoms with Crippen LogP contribution in [0, 0.1) is 10.1 Å². The van der Waals surface area contributed by atoms with Gasteiger partial charge in [0.1, 0.15) is 0 Å². The van der Waals surface area contributed by atoms with Crippen LogP contribution in [0.4, 0.5) is 5.69 Å². The summed E-state index contributed by atoms with van der Waals surface area (Å²) in [6, 6.07) is 9.14. The molecule has 6 heteroatoms.